The molecule has 2 aromatic rings. The predicted octanol–water partition coefficient (Wildman–Crippen LogP) is 2.76. The number of hydrogen-bond acceptors (Lipinski definition) is 2. The number of aromatic amines is 1. The van der Waals surface area contributed by atoms with Crippen LogP contribution in [0.1, 0.15) is 18.7 Å². The number of H-pyrrole nitrogens is 1. The van der Waals surface area contributed by atoms with Crippen molar-refractivity contribution in [2.75, 3.05) is 13.1 Å². The van der Waals surface area contributed by atoms with Gasteiger partial charge in [-0.1, -0.05) is 11.6 Å². The van der Waals surface area contributed by atoms with E-state index in [-0.39, 0.29) is 0 Å². The molecule has 1 aliphatic rings. The van der Waals surface area contributed by atoms with Gasteiger partial charge in [0.05, 0.1) is 11.0 Å². The van der Waals surface area contributed by atoms with Gasteiger partial charge in [-0.05, 0) is 50.0 Å². The van der Waals surface area contributed by atoms with Crippen LogP contribution < -0.4 is 5.32 Å². The summed E-state index contributed by atoms with van der Waals surface area (Å²) in [6.45, 7) is 2.33. The van der Waals surface area contributed by atoms with Gasteiger partial charge in [0, 0.05) is 11.4 Å². The molecule has 0 spiro atoms. The summed E-state index contributed by atoms with van der Waals surface area (Å²) in [5.41, 5.74) is 2.05. The van der Waals surface area contributed by atoms with Crippen LogP contribution in [0.3, 0.4) is 0 Å². The summed E-state index contributed by atoms with van der Waals surface area (Å²) in [5, 5.41) is 4.15. The fourth-order valence-electron chi connectivity index (χ4n) is 2.45. The van der Waals surface area contributed by atoms with Crippen molar-refractivity contribution in [1.82, 2.24) is 15.3 Å². The Hall–Kier alpha value is -1.06. The largest absolute Gasteiger partial charge is 0.342 e. The minimum absolute atomic E-state index is 0.757. The van der Waals surface area contributed by atoms with Gasteiger partial charge in [-0.3, -0.25) is 0 Å². The highest BCUT2D eigenvalue weighted by Crippen LogP contribution is 2.19. The van der Waals surface area contributed by atoms with E-state index in [2.05, 4.69) is 15.3 Å². The second-order valence-electron chi connectivity index (χ2n) is 4.74. The van der Waals surface area contributed by atoms with Crippen molar-refractivity contribution in [1.29, 1.82) is 0 Å². The zero-order valence-electron chi connectivity index (χ0n) is 9.67. The van der Waals surface area contributed by atoms with Gasteiger partial charge in [-0.15, -0.1) is 0 Å². The SMILES string of the molecule is Clc1ccc2nc(CCC3CCNC3)[nH]c2c1. The first-order valence-corrected chi connectivity index (χ1v) is 6.54. The third kappa shape index (κ3) is 2.45. The molecule has 1 saturated heterocycles. The van der Waals surface area contributed by atoms with Gasteiger partial charge in [0.1, 0.15) is 5.82 Å². The van der Waals surface area contributed by atoms with Crippen LogP contribution >= 0.6 is 11.6 Å². The first kappa shape index (κ1) is 11.1. The number of aryl methyl sites for hydroxylation is 1. The van der Waals surface area contributed by atoms with Crippen molar-refractivity contribution < 1.29 is 0 Å². The van der Waals surface area contributed by atoms with Crippen LogP contribution in [0, 0.1) is 5.92 Å². The molecule has 1 aromatic heterocycles. The van der Waals surface area contributed by atoms with E-state index >= 15 is 0 Å². The molecule has 4 heteroatoms. The van der Waals surface area contributed by atoms with Crippen molar-refractivity contribution in [2.24, 2.45) is 5.92 Å². The lowest BCUT2D eigenvalue weighted by molar-refractivity contribution is 0.526. The van der Waals surface area contributed by atoms with E-state index < -0.39 is 0 Å². The summed E-state index contributed by atoms with van der Waals surface area (Å²) >= 11 is 5.95. The Morgan fingerprint density at radius 2 is 2.35 bits per heavy atom. The Balaban J connectivity index is 1.72. The van der Waals surface area contributed by atoms with Crippen LogP contribution in [-0.2, 0) is 6.42 Å². The quantitative estimate of drug-likeness (QED) is 0.878. The Morgan fingerprint density at radius 3 is 3.18 bits per heavy atom. The number of halogens is 1. The van der Waals surface area contributed by atoms with Gasteiger partial charge in [-0.2, -0.15) is 0 Å². The van der Waals surface area contributed by atoms with E-state index in [1.165, 1.54) is 19.4 Å². The van der Waals surface area contributed by atoms with Crippen LogP contribution in [-0.4, -0.2) is 23.1 Å². The Morgan fingerprint density at radius 1 is 1.41 bits per heavy atom. The molecule has 0 radical (unpaired) electrons. The third-order valence-corrected chi connectivity index (χ3v) is 3.68. The van der Waals surface area contributed by atoms with E-state index in [0.29, 0.717) is 0 Å². The van der Waals surface area contributed by atoms with E-state index in [0.717, 1.165) is 40.8 Å². The average molecular weight is 250 g/mol. The van der Waals surface area contributed by atoms with Gasteiger partial charge >= 0.3 is 0 Å². The molecule has 1 fully saturated rings. The Bertz CT molecular complexity index is 514. The molecule has 0 aliphatic carbocycles. The number of benzene rings is 1. The summed E-state index contributed by atoms with van der Waals surface area (Å²) in [6, 6.07) is 5.79. The molecule has 3 nitrogen and oxygen atoms in total. The molecule has 1 unspecified atom stereocenters. The molecular formula is C13H16ClN3. The van der Waals surface area contributed by atoms with Crippen molar-refractivity contribution in [3.8, 4) is 0 Å². The lowest BCUT2D eigenvalue weighted by Gasteiger charge is -2.05. The normalized spacial score (nSPS) is 20.2. The maximum Gasteiger partial charge on any atom is 0.107 e. The molecule has 0 bridgehead atoms. The number of imidazole rings is 1. The van der Waals surface area contributed by atoms with E-state index in [1.807, 2.05) is 18.2 Å². The van der Waals surface area contributed by atoms with Crippen molar-refractivity contribution in [3.05, 3.63) is 29.0 Å². The molecule has 3 rings (SSSR count). The van der Waals surface area contributed by atoms with E-state index in [9.17, 15) is 0 Å². The fourth-order valence-corrected chi connectivity index (χ4v) is 2.63. The maximum atomic E-state index is 5.95. The minimum Gasteiger partial charge on any atom is -0.342 e. The van der Waals surface area contributed by atoms with Crippen molar-refractivity contribution in [3.63, 3.8) is 0 Å². The maximum absolute atomic E-state index is 5.95. The zero-order chi connectivity index (χ0) is 11.7. The van der Waals surface area contributed by atoms with Gasteiger partial charge in [0.2, 0.25) is 0 Å². The summed E-state index contributed by atoms with van der Waals surface area (Å²) in [6.07, 6.45) is 3.53. The molecular weight excluding hydrogens is 234 g/mol. The van der Waals surface area contributed by atoms with Gasteiger partial charge < -0.3 is 10.3 Å². The topological polar surface area (TPSA) is 40.7 Å². The molecule has 90 valence electrons. The smallest absolute Gasteiger partial charge is 0.107 e. The minimum atomic E-state index is 0.757. The Kier molecular flexibility index (Phi) is 3.04. The summed E-state index contributed by atoms with van der Waals surface area (Å²) in [4.78, 5) is 7.92. The van der Waals surface area contributed by atoms with E-state index in [4.69, 9.17) is 11.6 Å². The predicted molar refractivity (Wildman–Crippen MR) is 70.4 cm³/mol. The average Bonchev–Trinajstić information content (AvgIpc) is 2.94. The molecule has 17 heavy (non-hydrogen) atoms. The van der Waals surface area contributed by atoms with Crippen LogP contribution in [0.4, 0.5) is 0 Å². The number of nitrogens with zero attached hydrogens (tertiary/aromatic N) is 1. The standard InChI is InChI=1S/C13H16ClN3/c14-10-2-3-11-12(7-10)17-13(16-11)4-1-9-5-6-15-8-9/h2-3,7,9,15H,1,4-6,8H2,(H,16,17). The lowest BCUT2D eigenvalue weighted by Crippen LogP contribution is -2.09. The molecule has 1 aliphatic heterocycles. The summed E-state index contributed by atoms with van der Waals surface area (Å²) in [7, 11) is 0. The van der Waals surface area contributed by atoms with Crippen LogP contribution in [0.15, 0.2) is 18.2 Å². The van der Waals surface area contributed by atoms with Crippen LogP contribution in [0.5, 0.6) is 0 Å². The number of hydrogen-bond donors (Lipinski definition) is 2. The highest BCUT2D eigenvalue weighted by molar-refractivity contribution is 6.31. The molecule has 0 amide bonds. The highest BCUT2D eigenvalue weighted by Gasteiger charge is 2.14. The Labute approximate surface area is 106 Å². The number of aromatic nitrogens is 2. The van der Waals surface area contributed by atoms with Crippen molar-refractivity contribution >= 4 is 22.6 Å². The fraction of sp³-hybridized carbons (Fsp3) is 0.462. The monoisotopic (exact) mass is 249 g/mol. The second kappa shape index (κ2) is 4.67. The van der Waals surface area contributed by atoms with Crippen LogP contribution in [0.25, 0.3) is 11.0 Å². The zero-order valence-corrected chi connectivity index (χ0v) is 10.4. The second-order valence-corrected chi connectivity index (χ2v) is 5.18. The van der Waals surface area contributed by atoms with Crippen molar-refractivity contribution in [2.45, 2.75) is 19.3 Å². The first-order chi connectivity index (χ1) is 8.31. The molecule has 2 N–H and O–H groups in total. The lowest BCUT2D eigenvalue weighted by atomic mass is 10.0. The third-order valence-electron chi connectivity index (χ3n) is 3.44. The van der Waals surface area contributed by atoms with E-state index in [1.54, 1.807) is 0 Å². The van der Waals surface area contributed by atoms with Gasteiger partial charge in [0.15, 0.2) is 0 Å². The molecule has 1 aromatic carbocycles. The van der Waals surface area contributed by atoms with Gasteiger partial charge in [-0.25, -0.2) is 4.98 Å². The number of nitrogens with one attached hydrogen (secondary N) is 2. The number of fused-ring (bicyclic) bond motifs is 1. The molecule has 1 atom stereocenters. The first-order valence-electron chi connectivity index (χ1n) is 6.16. The molecule has 0 saturated carbocycles. The summed E-state index contributed by atoms with van der Waals surface area (Å²) < 4.78 is 0. The molecule has 2 heterocycles. The number of rotatable bonds is 3. The van der Waals surface area contributed by atoms with Gasteiger partial charge in [0.25, 0.3) is 0 Å². The summed E-state index contributed by atoms with van der Waals surface area (Å²) in [5.74, 6) is 1.89. The highest BCUT2D eigenvalue weighted by atomic mass is 35.5. The van der Waals surface area contributed by atoms with Crippen LogP contribution in [0.2, 0.25) is 5.02 Å².